The van der Waals surface area contributed by atoms with Gasteiger partial charge in [0.15, 0.2) is 0 Å². The quantitative estimate of drug-likeness (QED) is 0.438. The second kappa shape index (κ2) is 12.3. The smallest absolute Gasteiger partial charge is 0.0557 e. The molecule has 21 heavy (non-hydrogen) atoms. The average molecular weight is 359 g/mol. The molecule has 0 spiro atoms. The van der Waals surface area contributed by atoms with Gasteiger partial charge in [0, 0.05) is 35.5 Å². The minimum Gasteiger partial charge on any atom is -0.382 e. The third kappa shape index (κ3) is 12.0. The van der Waals surface area contributed by atoms with Gasteiger partial charge in [-0.2, -0.15) is 11.8 Å². The second-order valence-electron chi connectivity index (χ2n) is 5.99. The van der Waals surface area contributed by atoms with Crippen molar-refractivity contribution in [2.75, 3.05) is 14.2 Å². The van der Waals surface area contributed by atoms with E-state index >= 15 is 0 Å². The first-order valence-electron chi connectivity index (χ1n) is 7.77. The Hall–Kier alpha value is 0.850. The van der Waals surface area contributed by atoms with Gasteiger partial charge in [0.25, 0.3) is 0 Å². The Morgan fingerprint density at radius 1 is 0.714 bits per heavy atom. The first-order valence-corrected chi connectivity index (χ1v) is 9.59. The van der Waals surface area contributed by atoms with E-state index in [-0.39, 0.29) is 23.0 Å². The van der Waals surface area contributed by atoms with Crippen molar-refractivity contribution < 1.29 is 9.47 Å². The molecule has 0 aromatic carbocycles. The maximum Gasteiger partial charge on any atom is 0.0557 e. The van der Waals surface area contributed by atoms with Gasteiger partial charge in [-0.15, -0.1) is 23.2 Å². The fourth-order valence-corrected chi connectivity index (χ4v) is 5.06. The van der Waals surface area contributed by atoms with Crippen LogP contribution in [0.25, 0.3) is 0 Å². The SMILES string of the molecule is COC(C)CC(Cl)CC(C)SC(C)CC(Cl)CC(C)OC. The van der Waals surface area contributed by atoms with Crippen molar-refractivity contribution >= 4 is 35.0 Å². The highest BCUT2D eigenvalue weighted by Gasteiger charge is 2.19. The number of thioether (sulfide) groups is 1. The molecule has 0 N–H and O–H groups in total. The van der Waals surface area contributed by atoms with Gasteiger partial charge in [-0.05, 0) is 39.5 Å². The van der Waals surface area contributed by atoms with Crippen LogP contribution >= 0.6 is 35.0 Å². The highest BCUT2D eigenvalue weighted by molar-refractivity contribution is 8.00. The van der Waals surface area contributed by atoms with Crippen molar-refractivity contribution in [2.45, 2.75) is 86.8 Å². The molecule has 0 amide bonds. The maximum absolute atomic E-state index is 6.39. The van der Waals surface area contributed by atoms with Crippen LogP contribution in [-0.4, -0.2) is 47.7 Å². The summed E-state index contributed by atoms with van der Waals surface area (Å²) in [4.78, 5) is 0. The molecule has 0 radical (unpaired) electrons. The van der Waals surface area contributed by atoms with Gasteiger partial charge in [-0.1, -0.05) is 13.8 Å². The molecule has 0 aromatic rings. The van der Waals surface area contributed by atoms with E-state index in [1.54, 1.807) is 14.2 Å². The molecule has 0 aliphatic carbocycles. The number of ether oxygens (including phenoxy) is 2. The Morgan fingerprint density at radius 2 is 1.05 bits per heavy atom. The standard InChI is InChI=1S/C16H32Cl2O2S/c1-11(19-5)7-15(17)9-13(3)21-14(4)10-16(18)8-12(2)20-6/h11-16H,7-10H2,1-6H3. The monoisotopic (exact) mass is 358 g/mol. The summed E-state index contributed by atoms with van der Waals surface area (Å²) < 4.78 is 10.5. The molecule has 0 saturated carbocycles. The van der Waals surface area contributed by atoms with Crippen molar-refractivity contribution in [2.24, 2.45) is 0 Å². The van der Waals surface area contributed by atoms with Crippen LogP contribution in [0.3, 0.4) is 0 Å². The van der Waals surface area contributed by atoms with E-state index in [9.17, 15) is 0 Å². The largest absolute Gasteiger partial charge is 0.382 e. The van der Waals surface area contributed by atoms with Crippen molar-refractivity contribution in [3.05, 3.63) is 0 Å². The molecule has 0 aliphatic rings. The van der Waals surface area contributed by atoms with Gasteiger partial charge in [0.1, 0.15) is 0 Å². The summed E-state index contributed by atoms with van der Waals surface area (Å²) in [6.07, 6.45) is 4.27. The van der Waals surface area contributed by atoms with E-state index in [0.717, 1.165) is 25.7 Å². The Kier molecular flexibility index (Phi) is 12.8. The van der Waals surface area contributed by atoms with Crippen molar-refractivity contribution in [3.63, 3.8) is 0 Å². The van der Waals surface area contributed by atoms with Crippen LogP contribution in [0.5, 0.6) is 0 Å². The van der Waals surface area contributed by atoms with Crippen LogP contribution in [0.15, 0.2) is 0 Å². The summed E-state index contributed by atoms with van der Waals surface area (Å²) in [5.41, 5.74) is 0. The molecule has 0 fully saturated rings. The molecule has 2 nitrogen and oxygen atoms in total. The predicted octanol–water partition coefficient (Wildman–Crippen LogP) is 5.34. The third-order valence-corrected chi connectivity index (χ3v) is 5.65. The van der Waals surface area contributed by atoms with Crippen molar-refractivity contribution in [3.8, 4) is 0 Å². The highest BCUT2D eigenvalue weighted by Crippen LogP contribution is 2.29. The van der Waals surface area contributed by atoms with Crippen LogP contribution in [0.2, 0.25) is 0 Å². The summed E-state index contributed by atoms with van der Waals surface area (Å²) in [7, 11) is 3.46. The van der Waals surface area contributed by atoms with Crippen LogP contribution in [-0.2, 0) is 9.47 Å². The van der Waals surface area contributed by atoms with Crippen molar-refractivity contribution in [1.29, 1.82) is 0 Å². The third-order valence-electron chi connectivity index (χ3n) is 3.62. The molecule has 0 aromatic heterocycles. The Labute approximate surface area is 145 Å². The van der Waals surface area contributed by atoms with Crippen LogP contribution in [0, 0.1) is 0 Å². The number of methoxy groups -OCH3 is 2. The molecule has 0 rings (SSSR count). The molecule has 128 valence electrons. The lowest BCUT2D eigenvalue weighted by atomic mass is 10.1. The average Bonchev–Trinajstić information content (AvgIpc) is 2.37. The Morgan fingerprint density at radius 3 is 1.33 bits per heavy atom. The van der Waals surface area contributed by atoms with Crippen LogP contribution in [0.1, 0.15) is 53.4 Å². The molecule has 0 heterocycles. The molecular formula is C16H32Cl2O2S. The van der Waals surface area contributed by atoms with E-state index in [1.807, 2.05) is 11.8 Å². The Bertz CT molecular complexity index is 232. The topological polar surface area (TPSA) is 18.5 Å². The van der Waals surface area contributed by atoms with Gasteiger partial charge in [-0.3, -0.25) is 0 Å². The Balaban J connectivity index is 3.95. The highest BCUT2D eigenvalue weighted by atomic mass is 35.5. The first kappa shape index (κ1) is 21.9. The van der Waals surface area contributed by atoms with Gasteiger partial charge >= 0.3 is 0 Å². The maximum atomic E-state index is 6.39. The fourth-order valence-electron chi connectivity index (χ4n) is 2.33. The molecule has 5 heteroatoms. The minimum atomic E-state index is 0.176. The van der Waals surface area contributed by atoms with Crippen LogP contribution < -0.4 is 0 Å². The van der Waals surface area contributed by atoms with Gasteiger partial charge in [-0.25, -0.2) is 0 Å². The van der Waals surface area contributed by atoms with Crippen LogP contribution in [0.4, 0.5) is 0 Å². The number of halogens is 2. The fraction of sp³-hybridized carbons (Fsp3) is 1.00. The summed E-state index contributed by atoms with van der Waals surface area (Å²) >= 11 is 14.8. The van der Waals surface area contributed by atoms with E-state index in [0.29, 0.717) is 10.5 Å². The summed E-state index contributed by atoms with van der Waals surface area (Å²) in [6, 6.07) is 0. The summed E-state index contributed by atoms with van der Waals surface area (Å²) in [5.74, 6) is 0. The van der Waals surface area contributed by atoms with E-state index in [4.69, 9.17) is 32.7 Å². The van der Waals surface area contributed by atoms with Gasteiger partial charge in [0.2, 0.25) is 0 Å². The number of hydrogen-bond donors (Lipinski definition) is 0. The lowest BCUT2D eigenvalue weighted by Gasteiger charge is -2.23. The van der Waals surface area contributed by atoms with Crippen molar-refractivity contribution in [1.82, 2.24) is 0 Å². The zero-order valence-corrected chi connectivity index (χ0v) is 16.6. The lowest BCUT2D eigenvalue weighted by Crippen LogP contribution is -2.19. The summed E-state index contributed by atoms with van der Waals surface area (Å²) in [5, 5.41) is 1.43. The number of rotatable bonds is 12. The summed E-state index contributed by atoms with van der Waals surface area (Å²) in [6.45, 7) is 8.61. The zero-order valence-electron chi connectivity index (χ0n) is 14.3. The predicted molar refractivity (Wildman–Crippen MR) is 97.2 cm³/mol. The second-order valence-corrected chi connectivity index (χ2v) is 9.10. The number of alkyl halides is 2. The number of hydrogen-bond acceptors (Lipinski definition) is 3. The lowest BCUT2D eigenvalue weighted by molar-refractivity contribution is 0.109. The molecule has 0 bridgehead atoms. The first-order chi connectivity index (χ1) is 9.78. The van der Waals surface area contributed by atoms with Gasteiger partial charge < -0.3 is 9.47 Å². The van der Waals surface area contributed by atoms with E-state index < -0.39 is 0 Å². The van der Waals surface area contributed by atoms with E-state index in [2.05, 4.69) is 27.7 Å². The normalized spacial score (nSPS) is 20.6. The van der Waals surface area contributed by atoms with E-state index in [1.165, 1.54) is 0 Å². The zero-order chi connectivity index (χ0) is 16.4. The molecule has 0 aliphatic heterocycles. The minimum absolute atomic E-state index is 0.176. The van der Waals surface area contributed by atoms with Gasteiger partial charge in [0.05, 0.1) is 12.2 Å². The molecule has 6 unspecified atom stereocenters. The molecule has 0 saturated heterocycles. The molecule has 6 atom stereocenters. The molecular weight excluding hydrogens is 327 g/mol.